The topological polar surface area (TPSA) is 99.4 Å². The number of nitrogens with zero attached hydrogens (tertiary/aromatic N) is 2. The van der Waals surface area contributed by atoms with E-state index in [4.69, 9.17) is 38.4 Å². The van der Waals surface area contributed by atoms with Gasteiger partial charge in [-0.2, -0.15) is 0 Å². The first-order valence-electron chi connectivity index (χ1n) is 10.7. The first-order chi connectivity index (χ1) is 16.9. The second-order valence-electron chi connectivity index (χ2n) is 7.95. The van der Waals surface area contributed by atoms with Crippen LogP contribution in [0.4, 0.5) is 11.6 Å². The lowest BCUT2D eigenvalue weighted by atomic mass is 9.98. The fourth-order valence-electron chi connectivity index (χ4n) is 4.05. The number of nitrogens with two attached hydrogens (primary N) is 1. The van der Waals surface area contributed by atoms with Gasteiger partial charge in [0.1, 0.15) is 36.3 Å². The van der Waals surface area contributed by atoms with E-state index in [1.807, 2.05) is 42.5 Å². The molecule has 0 spiro atoms. The number of aromatic nitrogens is 2. The number of anilines is 2. The van der Waals surface area contributed by atoms with Crippen LogP contribution in [-0.2, 0) is 18.0 Å². The molecule has 0 saturated carbocycles. The molecule has 2 aromatic heterocycles. The summed E-state index contributed by atoms with van der Waals surface area (Å²) in [6.45, 7) is 2.27. The average Bonchev–Trinajstić information content (AvgIpc) is 2.84. The molecule has 0 radical (unpaired) electrons. The lowest BCUT2D eigenvalue weighted by molar-refractivity contribution is -0.114. The molecule has 176 valence electrons. The molecular formula is C26H20Cl2N4O3. The molecule has 0 aliphatic carbocycles. The lowest BCUT2D eigenvalue weighted by Crippen LogP contribution is -2.14. The number of halogens is 2. The molecule has 1 amide bonds. The quantitative estimate of drug-likeness (QED) is 0.322. The molecule has 35 heavy (non-hydrogen) atoms. The summed E-state index contributed by atoms with van der Waals surface area (Å²) in [7, 11) is 0. The van der Waals surface area contributed by atoms with Crippen LogP contribution in [0, 0.1) is 0 Å². The fraction of sp³-hybridized carbons (Fsp3) is 0.115. The number of hydrogen-bond donors (Lipinski definition) is 2. The van der Waals surface area contributed by atoms with Crippen LogP contribution in [0.1, 0.15) is 18.1 Å². The Bertz CT molecular complexity index is 1460. The minimum atomic E-state index is -0.150. The molecule has 4 heterocycles. The third-order valence-corrected chi connectivity index (χ3v) is 6.12. The van der Waals surface area contributed by atoms with Gasteiger partial charge in [0.05, 0.1) is 0 Å². The van der Waals surface area contributed by atoms with Gasteiger partial charge in [0, 0.05) is 51.6 Å². The molecule has 0 unspecified atom stereocenters. The van der Waals surface area contributed by atoms with Crippen molar-refractivity contribution in [3.63, 3.8) is 0 Å². The molecule has 9 heteroatoms. The van der Waals surface area contributed by atoms with Crippen molar-refractivity contribution in [2.24, 2.45) is 0 Å². The number of pyridine rings is 2. The van der Waals surface area contributed by atoms with Gasteiger partial charge in [0.2, 0.25) is 5.91 Å². The number of fused-ring (bicyclic) bond motifs is 6. The molecule has 7 nitrogen and oxygen atoms in total. The monoisotopic (exact) mass is 506 g/mol. The van der Waals surface area contributed by atoms with E-state index in [0.29, 0.717) is 34.9 Å². The maximum Gasteiger partial charge on any atom is 0.222 e. The minimum Gasteiger partial charge on any atom is -0.488 e. The minimum absolute atomic E-state index is 0.150. The molecule has 4 aromatic rings. The van der Waals surface area contributed by atoms with Crippen LogP contribution in [0.5, 0.6) is 11.5 Å². The van der Waals surface area contributed by atoms with Crippen LogP contribution < -0.4 is 20.5 Å². The van der Waals surface area contributed by atoms with Gasteiger partial charge in [0.15, 0.2) is 0 Å². The molecule has 3 N–H and O–H groups in total. The highest BCUT2D eigenvalue weighted by molar-refractivity contribution is 6.31. The smallest absolute Gasteiger partial charge is 0.222 e. The molecule has 2 aromatic carbocycles. The molecule has 2 aliphatic heterocycles. The first kappa shape index (κ1) is 23.0. The van der Waals surface area contributed by atoms with Crippen LogP contribution in [0.3, 0.4) is 0 Å². The SMILES string of the molecule is CC(=O)Nc1nccc2c1COc1cc(Cl)ccc1-2.Nc1nccc2c1COc1cc(Cl)ccc1-2. The summed E-state index contributed by atoms with van der Waals surface area (Å²) in [5, 5.41) is 4.03. The second-order valence-corrected chi connectivity index (χ2v) is 8.82. The van der Waals surface area contributed by atoms with Crippen molar-refractivity contribution in [1.29, 1.82) is 0 Å². The third-order valence-electron chi connectivity index (χ3n) is 5.65. The number of carbonyl (C=O) groups excluding carboxylic acids is 1. The number of hydrogen-bond acceptors (Lipinski definition) is 6. The molecule has 6 rings (SSSR count). The van der Waals surface area contributed by atoms with Crippen molar-refractivity contribution in [1.82, 2.24) is 9.97 Å². The van der Waals surface area contributed by atoms with Gasteiger partial charge < -0.3 is 20.5 Å². The van der Waals surface area contributed by atoms with Crippen molar-refractivity contribution < 1.29 is 14.3 Å². The van der Waals surface area contributed by atoms with Crippen molar-refractivity contribution in [3.8, 4) is 33.8 Å². The number of nitrogen functional groups attached to an aromatic ring is 1. The predicted molar refractivity (Wildman–Crippen MR) is 137 cm³/mol. The van der Waals surface area contributed by atoms with Crippen LogP contribution in [0.25, 0.3) is 22.3 Å². The summed E-state index contributed by atoms with van der Waals surface area (Å²) < 4.78 is 11.3. The highest BCUT2D eigenvalue weighted by Gasteiger charge is 2.21. The summed E-state index contributed by atoms with van der Waals surface area (Å²) in [6, 6.07) is 15.0. The van der Waals surface area contributed by atoms with Crippen molar-refractivity contribution in [2.45, 2.75) is 20.1 Å². The van der Waals surface area contributed by atoms with Gasteiger partial charge in [-0.15, -0.1) is 0 Å². The Labute approximate surface area is 211 Å². The third kappa shape index (κ3) is 4.60. The van der Waals surface area contributed by atoms with E-state index < -0.39 is 0 Å². The lowest BCUT2D eigenvalue weighted by Gasteiger charge is -2.22. The average molecular weight is 507 g/mol. The van der Waals surface area contributed by atoms with E-state index in [0.717, 1.165) is 44.9 Å². The zero-order valence-electron chi connectivity index (χ0n) is 18.6. The molecule has 0 saturated heterocycles. The number of amides is 1. The zero-order valence-corrected chi connectivity index (χ0v) is 20.2. The largest absolute Gasteiger partial charge is 0.488 e. The van der Waals surface area contributed by atoms with E-state index in [9.17, 15) is 4.79 Å². The summed E-state index contributed by atoms with van der Waals surface area (Å²) in [5.41, 5.74) is 11.7. The molecular weight excluding hydrogens is 487 g/mol. The highest BCUT2D eigenvalue weighted by Crippen LogP contribution is 2.41. The van der Waals surface area contributed by atoms with Crippen molar-refractivity contribution in [3.05, 3.63) is 82.1 Å². The molecule has 0 atom stereocenters. The predicted octanol–water partition coefficient (Wildman–Crippen LogP) is 6.13. The summed E-state index contributed by atoms with van der Waals surface area (Å²) in [4.78, 5) is 19.4. The van der Waals surface area contributed by atoms with Gasteiger partial charge in [-0.05, 0) is 59.7 Å². The Morgan fingerprint density at radius 1 is 0.829 bits per heavy atom. The number of ether oxygens (including phenoxy) is 2. The zero-order chi connectivity index (χ0) is 24.5. The van der Waals surface area contributed by atoms with Crippen LogP contribution >= 0.6 is 23.2 Å². The maximum absolute atomic E-state index is 11.2. The normalized spacial score (nSPS) is 12.3. The standard InChI is InChI=1S/C14H11ClN2O2.C12H9ClN2O/c1-8(18)17-14-12-7-19-13-6-9(15)2-3-11(13)10(12)4-5-16-14;13-7-1-2-9-8-3-4-15-12(14)10(8)6-16-11(9)5-7/h2-6H,7H2,1H3,(H,16,17,18);1-5H,6H2,(H2,14,15). The maximum atomic E-state index is 11.2. The molecule has 0 fully saturated rings. The Morgan fingerprint density at radius 3 is 1.97 bits per heavy atom. The number of nitrogens with one attached hydrogen (secondary N) is 1. The Balaban J connectivity index is 0.000000147. The fourth-order valence-corrected chi connectivity index (χ4v) is 4.38. The van der Waals surface area contributed by atoms with E-state index in [1.165, 1.54) is 6.92 Å². The Kier molecular flexibility index (Phi) is 6.19. The van der Waals surface area contributed by atoms with Gasteiger partial charge >= 0.3 is 0 Å². The van der Waals surface area contributed by atoms with Crippen LogP contribution in [0.15, 0.2) is 60.9 Å². The highest BCUT2D eigenvalue weighted by atomic mass is 35.5. The van der Waals surface area contributed by atoms with E-state index in [-0.39, 0.29) is 5.91 Å². The van der Waals surface area contributed by atoms with Gasteiger partial charge in [0.25, 0.3) is 0 Å². The number of carbonyl (C=O) groups is 1. The summed E-state index contributed by atoms with van der Waals surface area (Å²) >= 11 is 11.9. The Morgan fingerprint density at radius 2 is 1.37 bits per heavy atom. The van der Waals surface area contributed by atoms with E-state index >= 15 is 0 Å². The van der Waals surface area contributed by atoms with Crippen LogP contribution in [0.2, 0.25) is 10.0 Å². The van der Waals surface area contributed by atoms with Gasteiger partial charge in [-0.25, -0.2) is 9.97 Å². The van der Waals surface area contributed by atoms with Crippen LogP contribution in [-0.4, -0.2) is 15.9 Å². The van der Waals surface area contributed by atoms with Crippen molar-refractivity contribution >= 4 is 40.7 Å². The van der Waals surface area contributed by atoms with E-state index in [1.54, 1.807) is 18.5 Å². The first-order valence-corrected chi connectivity index (χ1v) is 11.5. The Hall–Kier alpha value is -3.81. The summed E-state index contributed by atoms with van der Waals surface area (Å²) in [5.74, 6) is 2.47. The second kappa shape index (κ2) is 9.44. The molecule has 0 bridgehead atoms. The molecule has 2 aliphatic rings. The van der Waals surface area contributed by atoms with E-state index in [2.05, 4.69) is 15.3 Å². The number of rotatable bonds is 1. The number of benzene rings is 2. The van der Waals surface area contributed by atoms with Gasteiger partial charge in [-0.3, -0.25) is 4.79 Å². The van der Waals surface area contributed by atoms with Gasteiger partial charge in [-0.1, -0.05) is 23.2 Å². The van der Waals surface area contributed by atoms with Crippen molar-refractivity contribution in [2.75, 3.05) is 11.1 Å². The summed E-state index contributed by atoms with van der Waals surface area (Å²) in [6.07, 6.45) is 3.38.